The van der Waals surface area contributed by atoms with Crippen LogP contribution in [-0.2, 0) is 13.0 Å². The molecule has 4 aromatic heterocycles. The van der Waals surface area contributed by atoms with Crippen molar-refractivity contribution in [2.24, 2.45) is 0 Å². The van der Waals surface area contributed by atoms with Gasteiger partial charge in [0.25, 0.3) is 11.6 Å². The van der Waals surface area contributed by atoms with Crippen LogP contribution in [0.1, 0.15) is 27.3 Å². The standard InChI is InChI=1S/C21H19N5O2/c1-15-19-11-17(13-24-20(19)28-25-15)21(27)26(14-16-5-4-8-22-12-16)10-7-18-6-2-3-9-23-18/h2-6,8-9,11-13H,7,10,14H2,1H3. The number of carbonyl (C=O) groups is 1. The number of fused-ring (bicyclic) bond motifs is 1. The number of nitrogens with zero attached hydrogens (tertiary/aromatic N) is 5. The minimum atomic E-state index is -0.102. The fraction of sp³-hybridized carbons (Fsp3) is 0.190. The predicted octanol–water partition coefficient (Wildman–Crippen LogP) is 3.21. The zero-order valence-electron chi connectivity index (χ0n) is 15.4. The van der Waals surface area contributed by atoms with Gasteiger partial charge in [-0.05, 0) is 36.8 Å². The molecular formula is C21H19N5O2. The van der Waals surface area contributed by atoms with Gasteiger partial charge in [0.15, 0.2) is 0 Å². The molecule has 28 heavy (non-hydrogen) atoms. The van der Waals surface area contributed by atoms with Crippen molar-refractivity contribution in [3.05, 3.63) is 83.7 Å². The van der Waals surface area contributed by atoms with Crippen molar-refractivity contribution in [1.82, 2.24) is 25.0 Å². The highest BCUT2D eigenvalue weighted by atomic mass is 16.5. The molecule has 0 atom stereocenters. The average Bonchev–Trinajstić information content (AvgIpc) is 3.12. The molecule has 0 fully saturated rings. The van der Waals surface area contributed by atoms with Gasteiger partial charge in [0, 0.05) is 50.0 Å². The van der Waals surface area contributed by atoms with E-state index in [1.165, 1.54) is 6.20 Å². The van der Waals surface area contributed by atoms with Crippen LogP contribution in [0, 0.1) is 6.92 Å². The quantitative estimate of drug-likeness (QED) is 0.516. The number of hydrogen-bond acceptors (Lipinski definition) is 6. The third-order valence-corrected chi connectivity index (χ3v) is 4.50. The molecule has 0 saturated heterocycles. The lowest BCUT2D eigenvalue weighted by Gasteiger charge is -2.22. The average molecular weight is 373 g/mol. The van der Waals surface area contributed by atoms with Crippen LogP contribution < -0.4 is 0 Å². The van der Waals surface area contributed by atoms with Crippen LogP contribution in [0.3, 0.4) is 0 Å². The number of carbonyl (C=O) groups excluding carboxylic acids is 1. The van der Waals surface area contributed by atoms with Gasteiger partial charge in [-0.3, -0.25) is 14.8 Å². The van der Waals surface area contributed by atoms with E-state index in [9.17, 15) is 4.79 Å². The zero-order chi connectivity index (χ0) is 19.3. The second-order valence-corrected chi connectivity index (χ2v) is 6.50. The molecule has 0 spiro atoms. The number of hydrogen-bond donors (Lipinski definition) is 0. The molecule has 0 unspecified atom stereocenters. The molecule has 4 aromatic rings. The smallest absolute Gasteiger partial charge is 0.257 e. The summed E-state index contributed by atoms with van der Waals surface area (Å²) in [4.78, 5) is 27.8. The Morgan fingerprint density at radius 1 is 1.11 bits per heavy atom. The zero-order valence-corrected chi connectivity index (χ0v) is 15.4. The topological polar surface area (TPSA) is 85.0 Å². The van der Waals surface area contributed by atoms with Gasteiger partial charge in [0.05, 0.1) is 16.6 Å². The molecule has 0 aromatic carbocycles. The largest absolute Gasteiger partial charge is 0.336 e. The van der Waals surface area contributed by atoms with E-state index in [1.54, 1.807) is 29.6 Å². The van der Waals surface area contributed by atoms with Crippen molar-refractivity contribution in [3.8, 4) is 0 Å². The lowest BCUT2D eigenvalue weighted by Crippen LogP contribution is -2.32. The molecular weight excluding hydrogens is 354 g/mol. The fourth-order valence-electron chi connectivity index (χ4n) is 3.00. The molecule has 0 bridgehead atoms. The van der Waals surface area contributed by atoms with Crippen molar-refractivity contribution in [2.45, 2.75) is 19.9 Å². The van der Waals surface area contributed by atoms with Crippen LogP contribution in [0.4, 0.5) is 0 Å². The highest BCUT2D eigenvalue weighted by Crippen LogP contribution is 2.18. The van der Waals surface area contributed by atoms with E-state index in [2.05, 4.69) is 20.1 Å². The summed E-state index contributed by atoms with van der Waals surface area (Å²) in [5.74, 6) is -0.102. The second kappa shape index (κ2) is 7.96. The first kappa shape index (κ1) is 17.8. The summed E-state index contributed by atoms with van der Waals surface area (Å²) in [6.45, 7) is 2.82. The van der Waals surface area contributed by atoms with Gasteiger partial charge in [-0.2, -0.15) is 0 Å². The van der Waals surface area contributed by atoms with E-state index in [0.29, 0.717) is 36.5 Å². The van der Waals surface area contributed by atoms with Crippen LogP contribution in [0.5, 0.6) is 0 Å². The highest BCUT2D eigenvalue weighted by Gasteiger charge is 2.19. The summed E-state index contributed by atoms with van der Waals surface area (Å²) in [5.41, 5.74) is 3.55. The van der Waals surface area contributed by atoms with Gasteiger partial charge in [0.2, 0.25) is 0 Å². The van der Waals surface area contributed by atoms with Crippen molar-refractivity contribution in [1.29, 1.82) is 0 Å². The Labute approximate surface area is 162 Å². The van der Waals surface area contributed by atoms with Gasteiger partial charge in [-0.15, -0.1) is 0 Å². The van der Waals surface area contributed by atoms with Crippen LogP contribution in [0.25, 0.3) is 11.1 Å². The molecule has 140 valence electrons. The van der Waals surface area contributed by atoms with Gasteiger partial charge < -0.3 is 9.42 Å². The van der Waals surface area contributed by atoms with E-state index in [4.69, 9.17) is 4.52 Å². The van der Waals surface area contributed by atoms with E-state index < -0.39 is 0 Å². The van der Waals surface area contributed by atoms with Gasteiger partial charge in [-0.1, -0.05) is 17.3 Å². The number of pyridine rings is 3. The second-order valence-electron chi connectivity index (χ2n) is 6.50. The molecule has 7 nitrogen and oxygen atoms in total. The molecule has 7 heteroatoms. The highest BCUT2D eigenvalue weighted by molar-refractivity contribution is 5.97. The maximum absolute atomic E-state index is 13.2. The molecule has 0 saturated carbocycles. The summed E-state index contributed by atoms with van der Waals surface area (Å²) < 4.78 is 5.14. The normalized spacial score (nSPS) is 10.9. The van der Waals surface area contributed by atoms with E-state index in [0.717, 1.165) is 16.6 Å². The Balaban J connectivity index is 1.60. The lowest BCUT2D eigenvalue weighted by molar-refractivity contribution is 0.0744. The van der Waals surface area contributed by atoms with Crippen LogP contribution in [0.15, 0.2) is 65.7 Å². The monoisotopic (exact) mass is 373 g/mol. The molecule has 0 aliphatic heterocycles. The maximum Gasteiger partial charge on any atom is 0.257 e. The van der Waals surface area contributed by atoms with Crippen LogP contribution >= 0.6 is 0 Å². The Bertz CT molecular complexity index is 1080. The maximum atomic E-state index is 13.2. The first-order valence-electron chi connectivity index (χ1n) is 9.01. The minimum absolute atomic E-state index is 0.102. The van der Waals surface area contributed by atoms with Gasteiger partial charge in [0.1, 0.15) is 0 Å². The van der Waals surface area contributed by atoms with Crippen LogP contribution in [0.2, 0.25) is 0 Å². The number of aromatic nitrogens is 4. The van der Waals surface area contributed by atoms with Crippen molar-refractivity contribution in [2.75, 3.05) is 6.54 Å². The summed E-state index contributed by atoms with van der Waals surface area (Å²) in [6.07, 6.45) is 7.44. The SMILES string of the molecule is Cc1noc2ncc(C(=O)N(CCc3ccccn3)Cc3cccnc3)cc12. The predicted molar refractivity (Wildman–Crippen MR) is 103 cm³/mol. The number of rotatable bonds is 6. The minimum Gasteiger partial charge on any atom is -0.336 e. The van der Waals surface area contributed by atoms with Crippen molar-refractivity contribution < 1.29 is 9.32 Å². The van der Waals surface area contributed by atoms with Gasteiger partial charge in [-0.25, -0.2) is 4.98 Å². The lowest BCUT2D eigenvalue weighted by atomic mass is 10.1. The molecule has 0 aliphatic carbocycles. The summed E-state index contributed by atoms with van der Waals surface area (Å²) >= 11 is 0. The summed E-state index contributed by atoms with van der Waals surface area (Å²) in [7, 11) is 0. The number of aryl methyl sites for hydroxylation is 1. The third-order valence-electron chi connectivity index (χ3n) is 4.50. The fourth-order valence-corrected chi connectivity index (χ4v) is 3.00. The molecule has 0 radical (unpaired) electrons. The molecule has 4 rings (SSSR count). The molecule has 1 amide bonds. The molecule has 0 aliphatic rings. The molecule has 0 N–H and O–H groups in total. The van der Waals surface area contributed by atoms with Crippen molar-refractivity contribution in [3.63, 3.8) is 0 Å². The summed E-state index contributed by atoms with van der Waals surface area (Å²) in [5, 5.41) is 4.65. The summed E-state index contributed by atoms with van der Waals surface area (Å²) in [6, 6.07) is 11.4. The van der Waals surface area contributed by atoms with E-state index in [1.807, 2.05) is 37.3 Å². The van der Waals surface area contributed by atoms with E-state index in [-0.39, 0.29) is 5.91 Å². The third kappa shape index (κ3) is 3.88. The number of amides is 1. The Morgan fingerprint density at radius 2 is 2.04 bits per heavy atom. The van der Waals surface area contributed by atoms with Gasteiger partial charge >= 0.3 is 0 Å². The van der Waals surface area contributed by atoms with E-state index >= 15 is 0 Å². The Morgan fingerprint density at radius 3 is 2.82 bits per heavy atom. The first-order valence-corrected chi connectivity index (χ1v) is 9.01. The first-order chi connectivity index (χ1) is 13.7. The Hall–Kier alpha value is -3.61. The molecule has 4 heterocycles. The Kier molecular flexibility index (Phi) is 5.05. The van der Waals surface area contributed by atoms with Crippen molar-refractivity contribution >= 4 is 17.0 Å². The van der Waals surface area contributed by atoms with Crippen LogP contribution in [-0.4, -0.2) is 37.5 Å².